The van der Waals surface area contributed by atoms with Crippen LogP contribution >= 0.6 is 0 Å². The van der Waals surface area contributed by atoms with Crippen molar-refractivity contribution in [3.8, 4) is 0 Å². The Morgan fingerprint density at radius 2 is 2.00 bits per heavy atom. The van der Waals surface area contributed by atoms with Gasteiger partial charge in [-0.2, -0.15) is 0 Å². The van der Waals surface area contributed by atoms with Crippen molar-refractivity contribution in [2.24, 2.45) is 0 Å². The van der Waals surface area contributed by atoms with Gasteiger partial charge in [-0.1, -0.05) is 30.9 Å². The van der Waals surface area contributed by atoms with Crippen molar-refractivity contribution >= 4 is 5.91 Å². The van der Waals surface area contributed by atoms with Gasteiger partial charge >= 0.3 is 0 Å². The summed E-state index contributed by atoms with van der Waals surface area (Å²) in [5.74, 6) is 0.251. The molecule has 0 radical (unpaired) electrons. The first-order valence-electron chi connectivity index (χ1n) is 6.08. The standard InChI is InChI=1S/C13H21NO/c1-11-6-9-14(12(2)15)13(10-11)7-4-3-5-8-13/h6H,3-5,7-10H2,1-2H3. The molecule has 0 bridgehead atoms. The molecule has 0 aromatic carbocycles. The Hall–Kier alpha value is -0.790. The molecule has 0 aromatic heterocycles. The molecule has 0 saturated heterocycles. The van der Waals surface area contributed by atoms with Gasteiger partial charge in [-0.3, -0.25) is 4.79 Å². The van der Waals surface area contributed by atoms with Crippen LogP contribution in [0.25, 0.3) is 0 Å². The molecule has 1 heterocycles. The summed E-state index contributed by atoms with van der Waals surface area (Å²) in [6, 6.07) is 0. The van der Waals surface area contributed by atoms with Crippen molar-refractivity contribution in [2.75, 3.05) is 6.54 Å². The highest BCUT2D eigenvalue weighted by Gasteiger charge is 2.40. The molecule has 2 aliphatic rings. The molecule has 0 unspecified atom stereocenters. The average molecular weight is 207 g/mol. The van der Waals surface area contributed by atoms with Crippen molar-refractivity contribution in [3.63, 3.8) is 0 Å². The van der Waals surface area contributed by atoms with E-state index in [0.717, 1.165) is 13.0 Å². The zero-order valence-corrected chi connectivity index (χ0v) is 9.88. The lowest BCUT2D eigenvalue weighted by Crippen LogP contribution is -2.54. The smallest absolute Gasteiger partial charge is 0.220 e. The third-order valence-electron chi connectivity index (χ3n) is 3.97. The predicted octanol–water partition coefficient (Wildman–Crippen LogP) is 2.89. The molecule has 1 saturated carbocycles. The Morgan fingerprint density at radius 1 is 1.33 bits per heavy atom. The molecule has 1 fully saturated rings. The molecule has 1 amide bonds. The van der Waals surface area contributed by atoms with E-state index >= 15 is 0 Å². The zero-order valence-electron chi connectivity index (χ0n) is 9.88. The fraction of sp³-hybridized carbons (Fsp3) is 0.769. The Morgan fingerprint density at radius 3 is 2.60 bits per heavy atom. The van der Waals surface area contributed by atoms with E-state index < -0.39 is 0 Å². The van der Waals surface area contributed by atoms with Gasteiger partial charge in [0, 0.05) is 19.0 Å². The van der Waals surface area contributed by atoms with E-state index in [2.05, 4.69) is 17.9 Å². The van der Waals surface area contributed by atoms with Crippen LogP contribution in [0.15, 0.2) is 11.6 Å². The van der Waals surface area contributed by atoms with Gasteiger partial charge in [-0.25, -0.2) is 0 Å². The van der Waals surface area contributed by atoms with E-state index in [-0.39, 0.29) is 11.4 Å². The highest BCUT2D eigenvalue weighted by molar-refractivity contribution is 5.74. The maximum atomic E-state index is 11.7. The maximum Gasteiger partial charge on any atom is 0.220 e. The van der Waals surface area contributed by atoms with Crippen molar-refractivity contribution in [1.29, 1.82) is 0 Å². The molecule has 0 N–H and O–H groups in total. The van der Waals surface area contributed by atoms with Crippen LogP contribution in [0.4, 0.5) is 0 Å². The number of hydrogen-bond acceptors (Lipinski definition) is 1. The Balaban J connectivity index is 2.24. The Kier molecular flexibility index (Phi) is 2.85. The van der Waals surface area contributed by atoms with Crippen LogP contribution in [-0.2, 0) is 4.79 Å². The van der Waals surface area contributed by atoms with Crippen LogP contribution in [0.3, 0.4) is 0 Å². The van der Waals surface area contributed by atoms with Gasteiger partial charge in [0.05, 0.1) is 0 Å². The van der Waals surface area contributed by atoms with Crippen LogP contribution in [0.2, 0.25) is 0 Å². The van der Waals surface area contributed by atoms with E-state index in [4.69, 9.17) is 0 Å². The summed E-state index contributed by atoms with van der Waals surface area (Å²) in [5.41, 5.74) is 1.65. The van der Waals surface area contributed by atoms with Crippen molar-refractivity contribution in [2.45, 2.75) is 57.9 Å². The van der Waals surface area contributed by atoms with Crippen LogP contribution in [0.1, 0.15) is 52.4 Å². The molecule has 2 nitrogen and oxygen atoms in total. The normalized spacial score (nSPS) is 25.2. The first-order chi connectivity index (χ1) is 7.14. The molecule has 2 rings (SSSR count). The second kappa shape index (κ2) is 3.99. The van der Waals surface area contributed by atoms with Gasteiger partial charge in [0.1, 0.15) is 0 Å². The second-order valence-electron chi connectivity index (χ2n) is 5.14. The molecule has 1 aliphatic carbocycles. The van der Waals surface area contributed by atoms with E-state index in [1.54, 1.807) is 6.92 Å². The van der Waals surface area contributed by atoms with E-state index in [1.807, 2.05) is 0 Å². The molecule has 1 aliphatic heterocycles. The predicted molar refractivity (Wildman–Crippen MR) is 61.6 cm³/mol. The minimum absolute atomic E-state index is 0.183. The number of hydrogen-bond donors (Lipinski definition) is 0. The number of rotatable bonds is 0. The van der Waals surface area contributed by atoms with Gasteiger partial charge in [-0.05, 0) is 26.2 Å². The van der Waals surface area contributed by atoms with Crippen LogP contribution < -0.4 is 0 Å². The van der Waals surface area contributed by atoms with E-state index in [9.17, 15) is 4.79 Å². The summed E-state index contributed by atoms with van der Waals surface area (Å²) in [6.45, 7) is 4.75. The summed E-state index contributed by atoms with van der Waals surface area (Å²) in [7, 11) is 0. The SMILES string of the molecule is CC(=O)N1CC=C(C)CC12CCCCC2. The summed E-state index contributed by atoms with van der Waals surface area (Å²) >= 11 is 0. The van der Waals surface area contributed by atoms with Crippen molar-refractivity contribution < 1.29 is 4.79 Å². The third kappa shape index (κ3) is 1.95. The monoisotopic (exact) mass is 207 g/mol. The number of carbonyl (C=O) groups is 1. The van der Waals surface area contributed by atoms with Crippen LogP contribution in [0.5, 0.6) is 0 Å². The van der Waals surface area contributed by atoms with Gasteiger partial charge in [0.25, 0.3) is 0 Å². The number of amides is 1. The van der Waals surface area contributed by atoms with Crippen LogP contribution in [-0.4, -0.2) is 22.9 Å². The summed E-state index contributed by atoms with van der Waals surface area (Å²) in [5, 5.41) is 0. The lowest BCUT2D eigenvalue weighted by molar-refractivity contribution is -0.136. The highest BCUT2D eigenvalue weighted by Crippen LogP contribution is 2.40. The number of carbonyl (C=O) groups excluding carboxylic acids is 1. The van der Waals surface area contributed by atoms with Gasteiger partial charge < -0.3 is 4.90 Å². The molecule has 1 spiro atoms. The fourth-order valence-corrected chi connectivity index (χ4v) is 3.25. The third-order valence-corrected chi connectivity index (χ3v) is 3.97. The second-order valence-corrected chi connectivity index (χ2v) is 5.14. The minimum atomic E-state index is 0.183. The van der Waals surface area contributed by atoms with Crippen molar-refractivity contribution in [1.82, 2.24) is 4.90 Å². The molecule has 2 heteroatoms. The highest BCUT2D eigenvalue weighted by atomic mass is 16.2. The minimum Gasteiger partial charge on any atom is -0.333 e. The zero-order chi connectivity index (χ0) is 10.9. The fourth-order valence-electron chi connectivity index (χ4n) is 3.25. The molecule has 15 heavy (non-hydrogen) atoms. The topological polar surface area (TPSA) is 20.3 Å². The summed E-state index contributed by atoms with van der Waals surface area (Å²) in [4.78, 5) is 13.8. The van der Waals surface area contributed by atoms with Gasteiger partial charge in [0.15, 0.2) is 0 Å². The lowest BCUT2D eigenvalue weighted by atomic mass is 9.74. The molecular weight excluding hydrogens is 186 g/mol. The first-order valence-corrected chi connectivity index (χ1v) is 6.08. The molecule has 84 valence electrons. The average Bonchev–Trinajstić information content (AvgIpc) is 2.18. The Bertz CT molecular complexity index is 287. The van der Waals surface area contributed by atoms with E-state index in [1.165, 1.54) is 37.7 Å². The lowest BCUT2D eigenvalue weighted by Gasteiger charge is -2.48. The summed E-state index contributed by atoms with van der Waals surface area (Å²) in [6.07, 6.45) is 9.65. The molecule has 0 aromatic rings. The Labute approximate surface area is 92.3 Å². The van der Waals surface area contributed by atoms with E-state index in [0.29, 0.717) is 0 Å². The number of nitrogens with zero attached hydrogens (tertiary/aromatic N) is 1. The maximum absolute atomic E-state index is 11.7. The van der Waals surface area contributed by atoms with Crippen molar-refractivity contribution in [3.05, 3.63) is 11.6 Å². The molecule has 0 atom stereocenters. The molecular formula is C13H21NO. The first kappa shape index (κ1) is 10.7. The summed E-state index contributed by atoms with van der Waals surface area (Å²) < 4.78 is 0. The van der Waals surface area contributed by atoms with Gasteiger partial charge in [-0.15, -0.1) is 0 Å². The van der Waals surface area contributed by atoms with Crippen LogP contribution in [0, 0.1) is 0 Å². The largest absolute Gasteiger partial charge is 0.333 e. The quantitative estimate of drug-likeness (QED) is 0.559. The van der Waals surface area contributed by atoms with Gasteiger partial charge in [0.2, 0.25) is 5.91 Å².